The number of hydrogen-bond donors (Lipinski definition) is 2. The molecular weight excluding hydrogens is 256 g/mol. The van der Waals surface area contributed by atoms with Gasteiger partial charge in [0, 0.05) is 18.7 Å². The van der Waals surface area contributed by atoms with Crippen LogP contribution in [0, 0.1) is 6.92 Å². The lowest BCUT2D eigenvalue weighted by Crippen LogP contribution is -2.46. The van der Waals surface area contributed by atoms with Crippen LogP contribution in [0.15, 0.2) is 18.2 Å². The second-order valence-electron chi connectivity index (χ2n) is 4.70. The highest BCUT2D eigenvalue weighted by Crippen LogP contribution is 2.15. The summed E-state index contributed by atoms with van der Waals surface area (Å²) in [6.45, 7) is 8.46. The van der Waals surface area contributed by atoms with Crippen molar-refractivity contribution in [2.45, 2.75) is 33.7 Å². The molecule has 1 aromatic carbocycles. The molecule has 0 spiro atoms. The average molecular weight is 278 g/mol. The summed E-state index contributed by atoms with van der Waals surface area (Å²) in [5.41, 5.74) is 1.13. The van der Waals surface area contributed by atoms with Crippen LogP contribution in [0.5, 0.6) is 5.75 Å². The SMILES string of the molecule is CCN(CC)C(=O)C(C)NC(=O)c1ccc(O)cc1C. The molecule has 0 heterocycles. The van der Waals surface area contributed by atoms with Crippen molar-refractivity contribution < 1.29 is 14.7 Å². The highest BCUT2D eigenvalue weighted by atomic mass is 16.3. The van der Waals surface area contributed by atoms with Crippen LogP contribution in [-0.4, -0.2) is 41.0 Å². The molecule has 110 valence electrons. The number of nitrogens with one attached hydrogen (secondary N) is 1. The van der Waals surface area contributed by atoms with Gasteiger partial charge in [0.1, 0.15) is 11.8 Å². The molecule has 0 aromatic heterocycles. The van der Waals surface area contributed by atoms with Gasteiger partial charge in [0.15, 0.2) is 0 Å². The van der Waals surface area contributed by atoms with Crippen molar-refractivity contribution in [1.82, 2.24) is 10.2 Å². The summed E-state index contributed by atoms with van der Waals surface area (Å²) in [6.07, 6.45) is 0. The topological polar surface area (TPSA) is 69.6 Å². The lowest BCUT2D eigenvalue weighted by molar-refractivity contribution is -0.132. The number of carbonyl (C=O) groups excluding carboxylic acids is 2. The van der Waals surface area contributed by atoms with Crippen LogP contribution in [0.25, 0.3) is 0 Å². The van der Waals surface area contributed by atoms with Gasteiger partial charge in [-0.15, -0.1) is 0 Å². The third-order valence-electron chi connectivity index (χ3n) is 3.25. The van der Waals surface area contributed by atoms with Crippen LogP contribution in [0.3, 0.4) is 0 Å². The van der Waals surface area contributed by atoms with E-state index in [0.29, 0.717) is 24.2 Å². The normalized spacial score (nSPS) is 11.8. The number of aryl methyl sites for hydroxylation is 1. The molecule has 0 radical (unpaired) electrons. The van der Waals surface area contributed by atoms with Crippen molar-refractivity contribution in [3.05, 3.63) is 29.3 Å². The van der Waals surface area contributed by atoms with Crippen LogP contribution in [0.4, 0.5) is 0 Å². The molecule has 0 aliphatic heterocycles. The minimum Gasteiger partial charge on any atom is -0.508 e. The first-order valence-electron chi connectivity index (χ1n) is 6.79. The zero-order chi connectivity index (χ0) is 15.3. The molecule has 0 aliphatic carbocycles. The number of aromatic hydroxyl groups is 1. The minimum atomic E-state index is -0.574. The van der Waals surface area contributed by atoms with Crippen molar-refractivity contribution >= 4 is 11.8 Å². The minimum absolute atomic E-state index is 0.0974. The predicted octanol–water partition coefficient (Wildman–Crippen LogP) is 1.69. The molecule has 1 unspecified atom stereocenters. The molecule has 20 heavy (non-hydrogen) atoms. The first-order valence-corrected chi connectivity index (χ1v) is 6.79. The van der Waals surface area contributed by atoms with E-state index in [4.69, 9.17) is 0 Å². The van der Waals surface area contributed by atoms with Crippen LogP contribution in [0.2, 0.25) is 0 Å². The third-order valence-corrected chi connectivity index (χ3v) is 3.25. The van der Waals surface area contributed by atoms with E-state index >= 15 is 0 Å². The van der Waals surface area contributed by atoms with Gasteiger partial charge >= 0.3 is 0 Å². The smallest absolute Gasteiger partial charge is 0.252 e. The Labute approximate surface area is 119 Å². The van der Waals surface area contributed by atoms with Crippen molar-refractivity contribution in [2.24, 2.45) is 0 Å². The van der Waals surface area contributed by atoms with Crippen LogP contribution < -0.4 is 5.32 Å². The van der Waals surface area contributed by atoms with Crippen molar-refractivity contribution in [3.63, 3.8) is 0 Å². The van der Waals surface area contributed by atoms with Gasteiger partial charge in [-0.2, -0.15) is 0 Å². The number of hydrogen-bond acceptors (Lipinski definition) is 3. The number of amides is 2. The Kier molecular flexibility index (Phi) is 5.55. The van der Waals surface area contributed by atoms with Crippen molar-refractivity contribution in [1.29, 1.82) is 0 Å². The van der Waals surface area contributed by atoms with E-state index in [0.717, 1.165) is 0 Å². The highest BCUT2D eigenvalue weighted by Gasteiger charge is 2.21. The van der Waals surface area contributed by atoms with E-state index in [1.165, 1.54) is 12.1 Å². The number of phenols is 1. The van der Waals surface area contributed by atoms with E-state index in [9.17, 15) is 14.7 Å². The maximum Gasteiger partial charge on any atom is 0.252 e. The molecule has 1 atom stereocenters. The molecule has 2 amide bonds. The van der Waals surface area contributed by atoms with E-state index in [-0.39, 0.29) is 17.6 Å². The molecule has 0 bridgehead atoms. The average Bonchev–Trinajstić information content (AvgIpc) is 2.39. The summed E-state index contributed by atoms with van der Waals surface area (Å²) in [6, 6.07) is 3.95. The fraction of sp³-hybridized carbons (Fsp3) is 0.467. The Morgan fingerprint density at radius 3 is 2.40 bits per heavy atom. The molecule has 1 aromatic rings. The largest absolute Gasteiger partial charge is 0.508 e. The number of benzene rings is 1. The lowest BCUT2D eigenvalue weighted by Gasteiger charge is -2.23. The van der Waals surface area contributed by atoms with Gasteiger partial charge in [-0.05, 0) is 51.5 Å². The fourth-order valence-corrected chi connectivity index (χ4v) is 2.05. The van der Waals surface area contributed by atoms with Gasteiger partial charge < -0.3 is 15.3 Å². The second-order valence-corrected chi connectivity index (χ2v) is 4.70. The van der Waals surface area contributed by atoms with Gasteiger partial charge in [-0.1, -0.05) is 0 Å². The Hall–Kier alpha value is -2.04. The second kappa shape index (κ2) is 6.93. The summed E-state index contributed by atoms with van der Waals surface area (Å²) in [7, 11) is 0. The van der Waals surface area contributed by atoms with E-state index in [2.05, 4.69) is 5.32 Å². The van der Waals surface area contributed by atoms with Gasteiger partial charge in [0.2, 0.25) is 5.91 Å². The number of likely N-dealkylation sites (N-methyl/N-ethyl adjacent to an activating group) is 1. The van der Waals surface area contributed by atoms with Crippen molar-refractivity contribution in [3.8, 4) is 5.75 Å². The van der Waals surface area contributed by atoms with Gasteiger partial charge in [0.25, 0.3) is 5.91 Å². The zero-order valence-electron chi connectivity index (χ0n) is 12.4. The third kappa shape index (κ3) is 3.73. The molecular formula is C15H22N2O3. The Balaban J connectivity index is 2.77. The Morgan fingerprint density at radius 2 is 1.90 bits per heavy atom. The standard InChI is InChI=1S/C15H22N2O3/c1-5-17(6-2)15(20)11(4)16-14(19)13-8-7-12(18)9-10(13)3/h7-9,11,18H,5-6H2,1-4H3,(H,16,19). The lowest BCUT2D eigenvalue weighted by atomic mass is 10.1. The fourth-order valence-electron chi connectivity index (χ4n) is 2.05. The Morgan fingerprint density at radius 1 is 1.30 bits per heavy atom. The quantitative estimate of drug-likeness (QED) is 0.861. The van der Waals surface area contributed by atoms with Crippen LogP contribution >= 0.6 is 0 Å². The van der Waals surface area contributed by atoms with E-state index in [1.807, 2.05) is 13.8 Å². The molecule has 5 nitrogen and oxygen atoms in total. The monoisotopic (exact) mass is 278 g/mol. The van der Waals surface area contributed by atoms with Crippen molar-refractivity contribution in [2.75, 3.05) is 13.1 Å². The predicted molar refractivity (Wildman–Crippen MR) is 77.7 cm³/mol. The summed E-state index contributed by atoms with van der Waals surface area (Å²) in [5.74, 6) is -0.290. The maximum absolute atomic E-state index is 12.1. The molecule has 1 rings (SSSR count). The number of nitrogens with zero attached hydrogens (tertiary/aromatic N) is 1. The van der Waals surface area contributed by atoms with Gasteiger partial charge in [0.05, 0.1) is 0 Å². The first-order chi connectivity index (χ1) is 9.40. The Bertz CT molecular complexity index is 496. The number of carbonyl (C=O) groups is 2. The summed E-state index contributed by atoms with van der Waals surface area (Å²) < 4.78 is 0. The zero-order valence-corrected chi connectivity index (χ0v) is 12.4. The highest BCUT2D eigenvalue weighted by molar-refractivity contribution is 5.98. The van der Waals surface area contributed by atoms with Gasteiger partial charge in [-0.3, -0.25) is 9.59 Å². The van der Waals surface area contributed by atoms with E-state index < -0.39 is 6.04 Å². The molecule has 0 aliphatic rings. The first kappa shape index (κ1) is 16.0. The molecule has 0 saturated heterocycles. The molecule has 0 saturated carbocycles. The van der Waals surface area contributed by atoms with E-state index in [1.54, 1.807) is 24.8 Å². The molecule has 0 fully saturated rings. The number of phenolic OH excluding ortho intramolecular Hbond substituents is 1. The van der Waals surface area contributed by atoms with Crippen LogP contribution in [-0.2, 0) is 4.79 Å². The molecule has 5 heteroatoms. The maximum atomic E-state index is 12.1. The van der Waals surface area contributed by atoms with Crippen LogP contribution in [0.1, 0.15) is 36.7 Å². The molecule has 2 N–H and O–H groups in total. The summed E-state index contributed by atoms with van der Waals surface area (Å²) in [4.78, 5) is 25.9. The number of rotatable bonds is 5. The summed E-state index contributed by atoms with van der Waals surface area (Å²) in [5, 5.41) is 12.0. The van der Waals surface area contributed by atoms with Gasteiger partial charge in [-0.25, -0.2) is 0 Å². The summed E-state index contributed by atoms with van der Waals surface area (Å²) >= 11 is 0.